The van der Waals surface area contributed by atoms with Gasteiger partial charge >= 0.3 is 0 Å². The number of carbonyl (C=O) groups is 1. The smallest absolute Gasteiger partial charge is 0.276 e. The second-order valence-corrected chi connectivity index (χ2v) is 10.1. The van der Waals surface area contributed by atoms with Gasteiger partial charge in [0.05, 0.1) is 17.1 Å². The van der Waals surface area contributed by atoms with E-state index in [4.69, 9.17) is 0 Å². The van der Waals surface area contributed by atoms with E-state index in [2.05, 4.69) is 10.4 Å². The van der Waals surface area contributed by atoms with Crippen LogP contribution in [0.2, 0.25) is 0 Å². The van der Waals surface area contributed by atoms with Crippen LogP contribution in [-0.4, -0.2) is 41.5 Å². The van der Waals surface area contributed by atoms with Gasteiger partial charge in [0.15, 0.2) is 5.69 Å². The summed E-state index contributed by atoms with van der Waals surface area (Å²) in [5.74, 6) is -0.572. The minimum absolute atomic E-state index is 0.0525. The molecule has 1 saturated heterocycles. The van der Waals surface area contributed by atoms with Crippen LogP contribution in [0.1, 0.15) is 49.6 Å². The van der Waals surface area contributed by atoms with Gasteiger partial charge in [-0.3, -0.25) is 9.59 Å². The summed E-state index contributed by atoms with van der Waals surface area (Å²) in [6, 6.07) is 12.9. The molecule has 1 aromatic heterocycles. The van der Waals surface area contributed by atoms with E-state index in [9.17, 15) is 18.0 Å². The topological polar surface area (TPSA) is 101 Å². The van der Waals surface area contributed by atoms with E-state index in [1.807, 2.05) is 13.8 Å². The average molecular weight is 455 g/mol. The Kier molecular flexibility index (Phi) is 6.12. The molecule has 1 aliphatic heterocycles. The lowest BCUT2D eigenvalue weighted by molar-refractivity contribution is 0.102. The van der Waals surface area contributed by atoms with Crippen LogP contribution in [0.4, 0.5) is 5.69 Å². The number of piperidine rings is 1. The van der Waals surface area contributed by atoms with Crippen molar-refractivity contribution < 1.29 is 13.2 Å². The van der Waals surface area contributed by atoms with Gasteiger partial charge in [-0.05, 0) is 44.9 Å². The minimum Gasteiger partial charge on any atom is -0.319 e. The van der Waals surface area contributed by atoms with Gasteiger partial charge in [0, 0.05) is 18.5 Å². The molecule has 4 rings (SSSR count). The van der Waals surface area contributed by atoms with Gasteiger partial charge in [-0.15, -0.1) is 0 Å². The number of nitrogens with one attached hydrogen (secondary N) is 1. The summed E-state index contributed by atoms with van der Waals surface area (Å²) >= 11 is 0. The van der Waals surface area contributed by atoms with Crippen molar-refractivity contribution in [1.82, 2.24) is 14.1 Å². The summed E-state index contributed by atoms with van der Waals surface area (Å²) in [6.45, 7) is 4.56. The monoisotopic (exact) mass is 454 g/mol. The van der Waals surface area contributed by atoms with Crippen LogP contribution >= 0.6 is 0 Å². The summed E-state index contributed by atoms with van der Waals surface area (Å²) in [5, 5.41) is 7.84. The molecule has 0 atom stereocenters. The Morgan fingerprint density at radius 3 is 2.28 bits per heavy atom. The van der Waals surface area contributed by atoms with Crippen LogP contribution in [0.25, 0.3) is 10.8 Å². The van der Waals surface area contributed by atoms with Crippen molar-refractivity contribution in [3.05, 3.63) is 64.6 Å². The Morgan fingerprint density at radius 1 is 0.969 bits per heavy atom. The van der Waals surface area contributed by atoms with Gasteiger partial charge in [0.1, 0.15) is 4.90 Å². The number of hydrogen-bond acceptors (Lipinski definition) is 5. The first kappa shape index (κ1) is 22.2. The number of fused-ring (bicyclic) bond motifs is 1. The number of para-hydroxylation sites is 1. The van der Waals surface area contributed by atoms with Crippen molar-refractivity contribution in [2.24, 2.45) is 0 Å². The zero-order chi connectivity index (χ0) is 22.9. The van der Waals surface area contributed by atoms with Crippen molar-refractivity contribution >= 4 is 32.4 Å². The molecule has 2 aromatic carbocycles. The SMILES string of the molecule is CC(C)n1nc(C(=O)Nc2ccccc2S(=O)(=O)N2CCCCC2)c2ccccc2c1=O. The normalized spacial score (nSPS) is 15.2. The molecule has 0 unspecified atom stereocenters. The van der Waals surface area contributed by atoms with Crippen LogP contribution in [0.3, 0.4) is 0 Å². The lowest BCUT2D eigenvalue weighted by Gasteiger charge is -2.26. The van der Waals surface area contributed by atoms with Gasteiger partial charge < -0.3 is 5.32 Å². The van der Waals surface area contributed by atoms with Crippen LogP contribution < -0.4 is 10.9 Å². The quantitative estimate of drug-likeness (QED) is 0.637. The van der Waals surface area contributed by atoms with Crippen LogP contribution in [0, 0.1) is 0 Å². The van der Waals surface area contributed by atoms with Crippen molar-refractivity contribution in [2.45, 2.75) is 44.0 Å². The number of aromatic nitrogens is 2. The summed E-state index contributed by atoms with van der Waals surface area (Å²) < 4.78 is 29.2. The molecule has 0 bridgehead atoms. The van der Waals surface area contributed by atoms with Gasteiger partial charge in [-0.25, -0.2) is 13.1 Å². The fraction of sp³-hybridized carbons (Fsp3) is 0.348. The molecule has 0 aliphatic carbocycles. The third-order valence-electron chi connectivity index (χ3n) is 5.60. The van der Waals surface area contributed by atoms with Crippen molar-refractivity contribution in [1.29, 1.82) is 0 Å². The van der Waals surface area contributed by atoms with E-state index >= 15 is 0 Å². The first-order chi connectivity index (χ1) is 15.3. The van der Waals surface area contributed by atoms with Gasteiger partial charge in [-0.2, -0.15) is 9.40 Å². The number of nitrogens with zero attached hydrogens (tertiary/aromatic N) is 3. The molecule has 0 saturated carbocycles. The molecule has 3 aromatic rings. The van der Waals surface area contributed by atoms with Gasteiger partial charge in [0.2, 0.25) is 10.0 Å². The van der Waals surface area contributed by atoms with E-state index in [1.165, 1.54) is 15.1 Å². The minimum atomic E-state index is -3.75. The Bertz CT molecular complexity index is 1330. The van der Waals surface area contributed by atoms with Gasteiger partial charge in [0.25, 0.3) is 11.5 Å². The second kappa shape index (κ2) is 8.84. The molecule has 1 amide bonds. The number of sulfonamides is 1. The van der Waals surface area contributed by atoms with Crippen LogP contribution in [-0.2, 0) is 10.0 Å². The lowest BCUT2D eigenvalue weighted by atomic mass is 10.1. The molecule has 9 heteroatoms. The molecular weight excluding hydrogens is 428 g/mol. The third kappa shape index (κ3) is 4.05. The van der Waals surface area contributed by atoms with E-state index < -0.39 is 15.9 Å². The Hall–Kier alpha value is -3.04. The predicted octanol–water partition coefficient (Wildman–Crippen LogP) is 3.40. The Balaban J connectivity index is 1.76. The highest BCUT2D eigenvalue weighted by molar-refractivity contribution is 7.89. The highest BCUT2D eigenvalue weighted by atomic mass is 32.2. The molecule has 1 N–H and O–H groups in total. The predicted molar refractivity (Wildman–Crippen MR) is 123 cm³/mol. The summed E-state index contributed by atoms with van der Waals surface area (Å²) in [6.07, 6.45) is 2.65. The van der Waals surface area contributed by atoms with Crippen molar-refractivity contribution in [3.8, 4) is 0 Å². The molecular formula is C23H26N4O4S. The molecule has 0 radical (unpaired) electrons. The molecule has 8 nitrogen and oxygen atoms in total. The van der Waals surface area contributed by atoms with Gasteiger partial charge in [-0.1, -0.05) is 36.8 Å². The van der Waals surface area contributed by atoms with E-state index in [1.54, 1.807) is 42.5 Å². The summed E-state index contributed by atoms with van der Waals surface area (Å²) in [4.78, 5) is 26.1. The number of carbonyl (C=O) groups excluding carboxylic acids is 1. The average Bonchev–Trinajstić information content (AvgIpc) is 2.80. The maximum absolute atomic E-state index is 13.3. The fourth-order valence-corrected chi connectivity index (χ4v) is 5.61. The first-order valence-corrected chi connectivity index (χ1v) is 12.2. The standard InChI is InChI=1S/C23H26N4O4S/c1-16(2)27-23(29)18-11-5-4-10-17(18)21(25-27)22(28)24-19-12-6-7-13-20(19)32(30,31)26-14-8-3-9-15-26/h4-7,10-13,16H,3,8-9,14-15H2,1-2H3,(H,24,28). The summed E-state index contributed by atoms with van der Waals surface area (Å²) in [7, 11) is -3.75. The Morgan fingerprint density at radius 2 is 1.59 bits per heavy atom. The highest BCUT2D eigenvalue weighted by Gasteiger charge is 2.29. The zero-order valence-corrected chi connectivity index (χ0v) is 18.9. The highest BCUT2D eigenvalue weighted by Crippen LogP contribution is 2.27. The molecule has 1 fully saturated rings. The maximum Gasteiger partial charge on any atom is 0.276 e. The molecule has 0 spiro atoms. The van der Waals surface area contributed by atoms with E-state index in [0.717, 1.165) is 19.3 Å². The first-order valence-electron chi connectivity index (χ1n) is 10.7. The number of amides is 1. The molecule has 168 valence electrons. The van der Waals surface area contributed by atoms with Crippen LogP contribution in [0.15, 0.2) is 58.2 Å². The molecule has 32 heavy (non-hydrogen) atoms. The number of benzene rings is 2. The number of hydrogen-bond donors (Lipinski definition) is 1. The number of rotatable bonds is 5. The number of anilines is 1. The third-order valence-corrected chi connectivity index (χ3v) is 7.56. The maximum atomic E-state index is 13.3. The van der Waals surface area contributed by atoms with E-state index in [0.29, 0.717) is 23.9 Å². The van der Waals surface area contributed by atoms with E-state index in [-0.39, 0.29) is 27.9 Å². The zero-order valence-electron chi connectivity index (χ0n) is 18.1. The summed E-state index contributed by atoms with van der Waals surface area (Å²) in [5.41, 5.74) is -0.0180. The molecule has 2 heterocycles. The van der Waals surface area contributed by atoms with Crippen molar-refractivity contribution in [3.63, 3.8) is 0 Å². The second-order valence-electron chi connectivity index (χ2n) is 8.15. The lowest BCUT2D eigenvalue weighted by Crippen LogP contribution is -2.36. The Labute approximate surface area is 186 Å². The van der Waals surface area contributed by atoms with Crippen molar-refractivity contribution in [2.75, 3.05) is 18.4 Å². The molecule has 1 aliphatic rings. The van der Waals surface area contributed by atoms with Crippen LogP contribution in [0.5, 0.6) is 0 Å². The largest absolute Gasteiger partial charge is 0.319 e. The fourth-order valence-electron chi connectivity index (χ4n) is 3.94.